The Bertz CT molecular complexity index is 485. The number of carbonyl (C=O) groups is 2. The predicted octanol–water partition coefficient (Wildman–Crippen LogP) is 1.79. The lowest BCUT2D eigenvalue weighted by Gasteiger charge is -2.11. The van der Waals surface area contributed by atoms with Gasteiger partial charge in [0, 0.05) is 11.7 Å². The Morgan fingerprint density at radius 3 is 2.67 bits per heavy atom. The molecule has 4 N–H and O–H groups in total. The molecular weight excluding hydrogens is 236 g/mol. The molecule has 6 heteroatoms. The highest BCUT2D eigenvalue weighted by Gasteiger charge is 2.11. The highest BCUT2D eigenvalue weighted by Crippen LogP contribution is 2.21. The zero-order chi connectivity index (χ0) is 13.7. The fourth-order valence-corrected chi connectivity index (χ4v) is 1.22. The largest absolute Gasteiger partial charge is 0.507 e. The molecule has 0 aliphatic rings. The molecule has 0 aromatic heterocycles. The van der Waals surface area contributed by atoms with E-state index < -0.39 is 12.0 Å². The number of hydrogen-bond acceptors (Lipinski definition) is 3. The maximum absolute atomic E-state index is 11.5. The summed E-state index contributed by atoms with van der Waals surface area (Å²) in [6, 6.07) is 3.09. The normalized spacial score (nSPS) is 11.4. The van der Waals surface area contributed by atoms with Crippen LogP contribution in [0.25, 0.3) is 0 Å². The molecule has 6 nitrogen and oxygen atoms in total. The van der Waals surface area contributed by atoms with Gasteiger partial charge in [-0.25, -0.2) is 9.59 Å². The van der Waals surface area contributed by atoms with Crippen LogP contribution in [-0.2, 0) is 0 Å². The lowest BCUT2D eigenvalue weighted by Crippen LogP contribution is -2.34. The number of aromatic carboxylic acids is 1. The number of nitrogens with one attached hydrogen (secondary N) is 2. The van der Waals surface area contributed by atoms with Crippen LogP contribution in [0.4, 0.5) is 10.5 Å². The third kappa shape index (κ3) is 3.51. The number of carboxylic acid groups (broad SMARTS) is 1. The van der Waals surface area contributed by atoms with Gasteiger partial charge in [-0.3, -0.25) is 0 Å². The van der Waals surface area contributed by atoms with E-state index in [1.54, 1.807) is 13.0 Å². The summed E-state index contributed by atoms with van der Waals surface area (Å²) >= 11 is 0. The molecule has 18 heavy (non-hydrogen) atoms. The summed E-state index contributed by atoms with van der Waals surface area (Å²) in [5, 5.41) is 23.1. The van der Waals surface area contributed by atoms with E-state index in [1.807, 2.05) is 0 Å². The van der Waals surface area contributed by atoms with Crippen molar-refractivity contribution in [3.8, 4) is 5.75 Å². The minimum Gasteiger partial charge on any atom is -0.507 e. The Kier molecular flexibility index (Phi) is 4.31. The average Bonchev–Trinajstić information content (AvgIpc) is 2.31. The van der Waals surface area contributed by atoms with Crippen LogP contribution in [0.1, 0.15) is 17.3 Å². The van der Waals surface area contributed by atoms with E-state index in [0.717, 1.165) is 0 Å². The summed E-state index contributed by atoms with van der Waals surface area (Å²) in [4.78, 5) is 22.3. The summed E-state index contributed by atoms with van der Waals surface area (Å²) in [6.45, 7) is 5.26. The second kappa shape index (κ2) is 5.72. The van der Waals surface area contributed by atoms with Gasteiger partial charge in [-0.05, 0) is 25.1 Å². The molecule has 0 aliphatic carbocycles. The molecule has 0 saturated carbocycles. The van der Waals surface area contributed by atoms with Crippen LogP contribution in [0.3, 0.4) is 0 Å². The van der Waals surface area contributed by atoms with Crippen molar-refractivity contribution in [1.29, 1.82) is 0 Å². The second-order valence-corrected chi connectivity index (χ2v) is 3.66. The zero-order valence-electron chi connectivity index (χ0n) is 9.80. The van der Waals surface area contributed by atoms with Gasteiger partial charge in [-0.1, -0.05) is 6.08 Å². The standard InChI is InChI=1S/C12H14N2O4/c1-3-7(2)13-12(18)14-8-4-5-10(15)9(6-8)11(16)17/h3-7,15H,1H2,2H3,(H,16,17)(H2,13,14,18). The summed E-state index contributed by atoms with van der Waals surface area (Å²) in [5.41, 5.74) is 0.00327. The molecular formula is C12H14N2O4. The first kappa shape index (κ1) is 13.6. The molecule has 2 amide bonds. The zero-order valence-corrected chi connectivity index (χ0v) is 9.80. The summed E-state index contributed by atoms with van der Waals surface area (Å²) in [6.07, 6.45) is 1.55. The SMILES string of the molecule is C=CC(C)NC(=O)Nc1ccc(O)c(C(=O)O)c1. The Labute approximate surface area is 104 Å². The number of phenols is 1. The molecule has 96 valence electrons. The molecule has 0 radical (unpaired) electrons. The molecule has 0 aliphatic heterocycles. The van der Waals surface area contributed by atoms with E-state index in [0.29, 0.717) is 0 Å². The first-order valence-electron chi connectivity index (χ1n) is 5.20. The van der Waals surface area contributed by atoms with Crippen molar-refractivity contribution in [2.24, 2.45) is 0 Å². The van der Waals surface area contributed by atoms with Crippen LogP contribution >= 0.6 is 0 Å². The maximum atomic E-state index is 11.5. The van der Waals surface area contributed by atoms with Crippen LogP contribution in [0.5, 0.6) is 5.75 Å². The highest BCUT2D eigenvalue weighted by atomic mass is 16.4. The fraction of sp³-hybridized carbons (Fsp3) is 0.167. The van der Waals surface area contributed by atoms with Crippen LogP contribution in [0.2, 0.25) is 0 Å². The number of aromatic hydroxyl groups is 1. The number of carbonyl (C=O) groups excluding carboxylic acids is 1. The van der Waals surface area contributed by atoms with Gasteiger partial charge in [0.15, 0.2) is 0 Å². The maximum Gasteiger partial charge on any atom is 0.339 e. The van der Waals surface area contributed by atoms with Crippen molar-refractivity contribution in [1.82, 2.24) is 5.32 Å². The number of rotatable bonds is 4. The topological polar surface area (TPSA) is 98.7 Å². The van der Waals surface area contributed by atoms with Crippen LogP contribution in [0, 0.1) is 0 Å². The van der Waals surface area contributed by atoms with E-state index in [1.165, 1.54) is 18.2 Å². The molecule has 1 atom stereocenters. The molecule has 1 unspecified atom stereocenters. The third-order valence-corrected chi connectivity index (χ3v) is 2.20. The number of anilines is 1. The smallest absolute Gasteiger partial charge is 0.339 e. The number of amides is 2. The van der Waals surface area contributed by atoms with Crippen molar-refractivity contribution in [2.45, 2.75) is 13.0 Å². The van der Waals surface area contributed by atoms with E-state index in [9.17, 15) is 14.7 Å². The molecule has 0 bridgehead atoms. The first-order chi connectivity index (χ1) is 8.43. The van der Waals surface area contributed by atoms with Gasteiger partial charge >= 0.3 is 12.0 Å². The number of benzene rings is 1. The van der Waals surface area contributed by atoms with Gasteiger partial charge in [-0.15, -0.1) is 6.58 Å². The summed E-state index contributed by atoms with van der Waals surface area (Å²) in [7, 11) is 0. The van der Waals surface area contributed by atoms with Crippen molar-refractivity contribution in [3.63, 3.8) is 0 Å². The van der Waals surface area contributed by atoms with Crippen molar-refractivity contribution < 1.29 is 19.8 Å². The summed E-state index contributed by atoms with van der Waals surface area (Å²) in [5.74, 6) is -1.62. The van der Waals surface area contributed by atoms with Gasteiger partial charge in [0.2, 0.25) is 0 Å². The highest BCUT2D eigenvalue weighted by molar-refractivity contribution is 5.95. The number of hydrogen-bond donors (Lipinski definition) is 4. The molecule has 0 heterocycles. The molecule has 1 aromatic rings. The van der Waals surface area contributed by atoms with Crippen LogP contribution in [0.15, 0.2) is 30.9 Å². The Morgan fingerprint density at radius 1 is 1.44 bits per heavy atom. The van der Waals surface area contributed by atoms with Gasteiger partial charge in [-0.2, -0.15) is 0 Å². The Morgan fingerprint density at radius 2 is 2.11 bits per heavy atom. The fourth-order valence-electron chi connectivity index (χ4n) is 1.22. The molecule has 1 aromatic carbocycles. The van der Waals surface area contributed by atoms with E-state index in [4.69, 9.17) is 5.11 Å². The van der Waals surface area contributed by atoms with E-state index >= 15 is 0 Å². The monoisotopic (exact) mass is 250 g/mol. The van der Waals surface area contributed by atoms with Crippen molar-refractivity contribution >= 4 is 17.7 Å². The average molecular weight is 250 g/mol. The lowest BCUT2D eigenvalue weighted by molar-refractivity contribution is 0.0693. The summed E-state index contributed by atoms with van der Waals surface area (Å²) < 4.78 is 0. The van der Waals surface area contributed by atoms with Crippen molar-refractivity contribution in [2.75, 3.05) is 5.32 Å². The minimum absolute atomic E-state index is 0.207. The number of urea groups is 1. The second-order valence-electron chi connectivity index (χ2n) is 3.66. The molecule has 1 rings (SSSR count). The Balaban J connectivity index is 2.79. The van der Waals surface area contributed by atoms with Crippen LogP contribution < -0.4 is 10.6 Å². The van der Waals surface area contributed by atoms with Gasteiger partial charge in [0.05, 0.1) is 0 Å². The quantitative estimate of drug-likeness (QED) is 0.483. The first-order valence-corrected chi connectivity index (χ1v) is 5.20. The molecule has 0 saturated heterocycles. The van der Waals surface area contributed by atoms with Crippen molar-refractivity contribution in [3.05, 3.63) is 36.4 Å². The van der Waals surface area contributed by atoms with Gasteiger partial charge in [0.1, 0.15) is 11.3 Å². The van der Waals surface area contributed by atoms with E-state index in [2.05, 4.69) is 17.2 Å². The van der Waals surface area contributed by atoms with E-state index in [-0.39, 0.29) is 23.0 Å². The molecule has 0 spiro atoms. The minimum atomic E-state index is -1.27. The van der Waals surface area contributed by atoms with Gasteiger partial charge in [0.25, 0.3) is 0 Å². The Hall–Kier alpha value is -2.50. The predicted molar refractivity (Wildman–Crippen MR) is 66.9 cm³/mol. The molecule has 0 fully saturated rings. The van der Waals surface area contributed by atoms with Crippen LogP contribution in [-0.4, -0.2) is 28.3 Å². The number of carboxylic acids is 1. The lowest BCUT2D eigenvalue weighted by atomic mass is 10.2. The third-order valence-electron chi connectivity index (χ3n) is 2.20. The van der Waals surface area contributed by atoms with Gasteiger partial charge < -0.3 is 20.8 Å².